The number of phenols is 1. The third-order valence-corrected chi connectivity index (χ3v) is 5.12. The molecule has 3 heterocycles. The number of aromatic hydroxyl groups is 1. The van der Waals surface area contributed by atoms with Gasteiger partial charge in [-0.05, 0) is 63.1 Å². The highest BCUT2D eigenvalue weighted by Crippen LogP contribution is 2.39. The topological polar surface area (TPSA) is 65.1 Å². The minimum atomic E-state index is 0.220. The molecule has 0 bridgehead atoms. The average Bonchev–Trinajstić information content (AvgIpc) is 3.12. The molecule has 1 aromatic carbocycles. The normalized spacial score (nSPS) is 20.1. The molecule has 1 aliphatic rings. The molecule has 4 rings (SSSR count). The van der Waals surface area contributed by atoms with E-state index in [9.17, 15) is 10.4 Å². The van der Waals surface area contributed by atoms with Crippen LogP contribution in [-0.4, -0.2) is 26.7 Å². The van der Waals surface area contributed by atoms with Crippen LogP contribution < -0.4 is 4.90 Å². The number of anilines is 1. The van der Waals surface area contributed by atoms with E-state index in [1.54, 1.807) is 18.3 Å². The molecule has 1 fully saturated rings. The molecule has 0 amide bonds. The summed E-state index contributed by atoms with van der Waals surface area (Å²) in [4.78, 5) is 6.89. The maximum Gasteiger partial charge on any atom is 0.147 e. The first-order valence-electron chi connectivity index (χ1n) is 8.59. The summed E-state index contributed by atoms with van der Waals surface area (Å²) in [5, 5.41) is 20.4. The predicted molar refractivity (Wildman–Crippen MR) is 98.1 cm³/mol. The van der Waals surface area contributed by atoms with Gasteiger partial charge in [-0.3, -0.25) is 4.57 Å². The largest absolute Gasteiger partial charge is 0.508 e. The van der Waals surface area contributed by atoms with Gasteiger partial charge in [0, 0.05) is 29.4 Å². The van der Waals surface area contributed by atoms with Crippen molar-refractivity contribution in [3.8, 4) is 17.5 Å². The van der Waals surface area contributed by atoms with Gasteiger partial charge in [0.05, 0.1) is 0 Å². The van der Waals surface area contributed by atoms with Gasteiger partial charge >= 0.3 is 0 Å². The summed E-state index contributed by atoms with van der Waals surface area (Å²) in [6, 6.07) is 14.0. The van der Waals surface area contributed by atoms with E-state index in [0.29, 0.717) is 17.6 Å². The zero-order valence-electron chi connectivity index (χ0n) is 14.3. The second-order valence-electron chi connectivity index (χ2n) is 6.72. The van der Waals surface area contributed by atoms with Gasteiger partial charge in [-0.15, -0.1) is 0 Å². The Morgan fingerprint density at radius 1 is 1.12 bits per heavy atom. The van der Waals surface area contributed by atoms with Crippen LogP contribution in [0.2, 0.25) is 0 Å². The molecule has 1 saturated heterocycles. The van der Waals surface area contributed by atoms with Crippen molar-refractivity contribution in [2.45, 2.75) is 38.8 Å². The van der Waals surface area contributed by atoms with Crippen LogP contribution in [0.15, 0.2) is 42.6 Å². The van der Waals surface area contributed by atoms with E-state index >= 15 is 0 Å². The third-order valence-electron chi connectivity index (χ3n) is 5.12. The van der Waals surface area contributed by atoms with Gasteiger partial charge in [-0.2, -0.15) is 5.26 Å². The number of nitriles is 1. The number of hydrogen-bond acceptors (Lipinski definition) is 4. The molecule has 0 spiro atoms. The molecule has 5 heteroatoms. The van der Waals surface area contributed by atoms with Crippen molar-refractivity contribution in [3.05, 3.63) is 48.2 Å². The second kappa shape index (κ2) is 5.82. The fraction of sp³-hybridized carbons (Fsp3) is 0.300. The molecule has 5 nitrogen and oxygen atoms in total. The molecule has 2 atom stereocenters. The van der Waals surface area contributed by atoms with E-state index in [4.69, 9.17) is 0 Å². The molecule has 126 valence electrons. The van der Waals surface area contributed by atoms with Gasteiger partial charge in [-0.25, -0.2) is 4.98 Å². The Balaban J connectivity index is 2.08. The number of hydrogen-bond donors (Lipinski definition) is 1. The highest BCUT2D eigenvalue weighted by molar-refractivity contribution is 5.92. The summed E-state index contributed by atoms with van der Waals surface area (Å²) in [7, 11) is 0. The van der Waals surface area contributed by atoms with E-state index in [1.807, 2.05) is 28.8 Å². The number of fused-ring (bicyclic) bond motifs is 1. The van der Waals surface area contributed by atoms with Crippen molar-refractivity contribution in [1.29, 1.82) is 5.26 Å². The van der Waals surface area contributed by atoms with Crippen molar-refractivity contribution in [3.63, 3.8) is 0 Å². The molecule has 2 aromatic heterocycles. The van der Waals surface area contributed by atoms with Crippen molar-refractivity contribution in [1.82, 2.24) is 9.55 Å². The lowest BCUT2D eigenvalue weighted by Crippen LogP contribution is -2.34. The Kier molecular flexibility index (Phi) is 3.61. The number of benzene rings is 1. The van der Waals surface area contributed by atoms with E-state index in [0.717, 1.165) is 35.4 Å². The Morgan fingerprint density at radius 2 is 1.80 bits per heavy atom. The van der Waals surface area contributed by atoms with Crippen molar-refractivity contribution in [2.75, 3.05) is 4.90 Å². The second-order valence-corrected chi connectivity index (χ2v) is 6.72. The highest BCUT2D eigenvalue weighted by atomic mass is 16.3. The molecular formula is C20H20N4O. The average molecular weight is 332 g/mol. The Morgan fingerprint density at radius 3 is 2.44 bits per heavy atom. The number of nitrogens with zero attached hydrogens (tertiary/aromatic N) is 4. The summed E-state index contributed by atoms with van der Waals surface area (Å²) in [5.41, 5.74) is 2.33. The van der Waals surface area contributed by atoms with Crippen molar-refractivity contribution >= 4 is 16.9 Å². The number of phenolic OH excluding ortho intramolecular Hbond substituents is 1. The Bertz CT molecular complexity index is 958. The summed E-state index contributed by atoms with van der Waals surface area (Å²) in [6.07, 6.45) is 3.97. The number of aromatic nitrogens is 2. The predicted octanol–water partition coefficient (Wildman–Crippen LogP) is 3.98. The van der Waals surface area contributed by atoms with Crippen LogP contribution in [0.4, 0.5) is 5.82 Å². The van der Waals surface area contributed by atoms with E-state index < -0.39 is 0 Å². The standard InChI is InChI=1S/C20H20N4O/c1-13-5-6-14(2)23(13)20-18(12-21)17-4-3-11-22-19(17)24(20)15-7-9-16(25)10-8-15/h3-4,7-11,13-14,25H,5-6H2,1-2H3/t13-,14+. The van der Waals surface area contributed by atoms with Gasteiger partial charge in [0.15, 0.2) is 0 Å². The smallest absolute Gasteiger partial charge is 0.147 e. The molecule has 3 aromatic rings. The zero-order valence-corrected chi connectivity index (χ0v) is 14.3. The molecule has 1 N–H and O–H groups in total. The monoisotopic (exact) mass is 332 g/mol. The summed E-state index contributed by atoms with van der Waals surface area (Å²) in [6.45, 7) is 4.41. The minimum absolute atomic E-state index is 0.220. The van der Waals surface area contributed by atoms with Crippen molar-refractivity contribution < 1.29 is 5.11 Å². The minimum Gasteiger partial charge on any atom is -0.508 e. The first-order valence-corrected chi connectivity index (χ1v) is 8.59. The van der Waals surface area contributed by atoms with Gasteiger partial charge in [0.1, 0.15) is 28.8 Å². The van der Waals surface area contributed by atoms with Gasteiger partial charge < -0.3 is 10.0 Å². The van der Waals surface area contributed by atoms with Gasteiger partial charge in [0.25, 0.3) is 0 Å². The van der Waals surface area contributed by atoms with Crippen LogP contribution in [0.3, 0.4) is 0 Å². The van der Waals surface area contributed by atoms with Gasteiger partial charge in [0.2, 0.25) is 0 Å². The molecule has 25 heavy (non-hydrogen) atoms. The lowest BCUT2D eigenvalue weighted by Gasteiger charge is -2.30. The Labute approximate surface area is 146 Å². The van der Waals surface area contributed by atoms with Crippen LogP contribution in [-0.2, 0) is 0 Å². The van der Waals surface area contributed by atoms with Crippen molar-refractivity contribution in [2.24, 2.45) is 0 Å². The number of pyridine rings is 1. The fourth-order valence-corrected chi connectivity index (χ4v) is 3.92. The fourth-order valence-electron chi connectivity index (χ4n) is 3.92. The van der Waals surface area contributed by atoms with Crippen LogP contribution in [0.5, 0.6) is 5.75 Å². The first-order chi connectivity index (χ1) is 12.1. The SMILES string of the molecule is C[C@@H]1CC[C@H](C)N1c1c(C#N)c2cccnc2n1-c1ccc(O)cc1. The van der Waals surface area contributed by atoms with E-state index in [-0.39, 0.29) is 5.75 Å². The lowest BCUT2D eigenvalue weighted by molar-refractivity contribution is 0.475. The maximum absolute atomic E-state index is 9.90. The van der Waals surface area contributed by atoms with Crippen LogP contribution in [0, 0.1) is 11.3 Å². The lowest BCUT2D eigenvalue weighted by atomic mass is 10.2. The summed E-state index contributed by atoms with van der Waals surface area (Å²) < 4.78 is 2.05. The number of rotatable bonds is 2. The summed E-state index contributed by atoms with van der Waals surface area (Å²) >= 11 is 0. The van der Waals surface area contributed by atoms with E-state index in [1.165, 1.54) is 0 Å². The molecule has 0 radical (unpaired) electrons. The molecule has 0 saturated carbocycles. The van der Waals surface area contributed by atoms with Crippen LogP contribution in [0.25, 0.3) is 16.7 Å². The Hall–Kier alpha value is -3.00. The van der Waals surface area contributed by atoms with Gasteiger partial charge in [-0.1, -0.05) is 0 Å². The first kappa shape index (κ1) is 15.5. The van der Waals surface area contributed by atoms with E-state index in [2.05, 4.69) is 29.8 Å². The molecular weight excluding hydrogens is 312 g/mol. The van der Waals surface area contributed by atoms with Crippen LogP contribution in [0.1, 0.15) is 32.3 Å². The molecule has 1 aliphatic heterocycles. The van der Waals surface area contributed by atoms with Crippen LogP contribution >= 0.6 is 0 Å². The maximum atomic E-state index is 9.90. The quantitative estimate of drug-likeness (QED) is 0.771. The third kappa shape index (κ3) is 2.33. The molecule has 0 unspecified atom stereocenters. The summed E-state index contributed by atoms with van der Waals surface area (Å²) in [5.74, 6) is 1.12. The molecule has 0 aliphatic carbocycles. The highest BCUT2D eigenvalue weighted by Gasteiger charge is 2.33. The zero-order chi connectivity index (χ0) is 17.6.